The van der Waals surface area contributed by atoms with E-state index in [0.29, 0.717) is 0 Å². The van der Waals surface area contributed by atoms with Crippen molar-refractivity contribution in [2.75, 3.05) is 12.3 Å². The molecular weight excluding hydrogens is 436 g/mol. The van der Waals surface area contributed by atoms with E-state index in [2.05, 4.69) is 23.4 Å². The van der Waals surface area contributed by atoms with Gasteiger partial charge in [-0.15, -0.1) is 3.97 Å². The molecule has 1 saturated heterocycles. The Kier molecular flexibility index (Phi) is 7.18. The fourth-order valence-electron chi connectivity index (χ4n) is 2.46. The molecular formula is C10H15N5NaO10PS. The zero-order valence-electron chi connectivity index (χ0n) is 15.1. The number of anilines is 1. The number of rotatable bonds is 6. The first-order valence-electron chi connectivity index (χ1n) is 7.09. The van der Waals surface area contributed by atoms with Crippen LogP contribution in [0.15, 0.2) is 12.7 Å². The Hall–Kier alpha value is -0.750. The Morgan fingerprint density at radius 2 is 2.00 bits per heavy atom. The number of hydrogen-bond donors (Lipinski definition) is 5. The molecule has 6 N–H and O–H groups in total. The van der Waals surface area contributed by atoms with E-state index < -0.39 is 49.4 Å². The van der Waals surface area contributed by atoms with E-state index in [-0.39, 0.29) is 48.0 Å². The number of fused-ring (bicyclic) bond motifs is 1. The SMILES string of the molecule is Nc1ncnc2c1ncn2[C@@H]1O[C@H](COP(=O)(O)OS(=O)(=O)O)[C@@H](O)[C@H]1O.[H-].[Na+]. The van der Waals surface area contributed by atoms with Gasteiger partial charge in [-0.3, -0.25) is 13.6 Å². The molecule has 1 unspecified atom stereocenters. The Labute approximate surface area is 180 Å². The summed E-state index contributed by atoms with van der Waals surface area (Å²) in [5.41, 5.74) is 6.08. The molecule has 15 nitrogen and oxygen atoms in total. The van der Waals surface area contributed by atoms with Crippen molar-refractivity contribution in [3.63, 3.8) is 0 Å². The van der Waals surface area contributed by atoms with Crippen LogP contribution in [0.3, 0.4) is 0 Å². The van der Waals surface area contributed by atoms with E-state index in [1.54, 1.807) is 0 Å². The van der Waals surface area contributed by atoms with Crippen LogP contribution >= 0.6 is 7.82 Å². The van der Waals surface area contributed by atoms with Crippen molar-refractivity contribution in [1.82, 2.24) is 19.5 Å². The van der Waals surface area contributed by atoms with Gasteiger partial charge in [-0.1, -0.05) is 0 Å². The van der Waals surface area contributed by atoms with Crippen molar-refractivity contribution in [2.45, 2.75) is 24.5 Å². The van der Waals surface area contributed by atoms with Crippen LogP contribution in [0.5, 0.6) is 0 Å². The van der Waals surface area contributed by atoms with Crippen molar-refractivity contribution in [2.24, 2.45) is 0 Å². The van der Waals surface area contributed by atoms with Gasteiger partial charge in [0.2, 0.25) is 0 Å². The number of phosphoric acid groups is 1. The van der Waals surface area contributed by atoms with E-state index in [1.165, 1.54) is 10.9 Å². The number of aliphatic hydroxyl groups excluding tert-OH is 2. The second-order valence-electron chi connectivity index (χ2n) is 5.40. The van der Waals surface area contributed by atoms with Crippen LogP contribution in [0.1, 0.15) is 7.65 Å². The second-order valence-corrected chi connectivity index (χ2v) is 8.04. The summed E-state index contributed by atoms with van der Waals surface area (Å²) in [6.07, 6.45) is -3.29. The summed E-state index contributed by atoms with van der Waals surface area (Å²) in [7, 11) is -10.5. The molecule has 1 aliphatic rings. The average Bonchev–Trinajstić information content (AvgIpc) is 3.07. The third-order valence-corrected chi connectivity index (χ3v) is 5.57. The summed E-state index contributed by atoms with van der Waals surface area (Å²) >= 11 is 0. The fourth-order valence-corrected chi connectivity index (χ4v) is 3.92. The summed E-state index contributed by atoms with van der Waals surface area (Å²) in [6.45, 7) is -0.845. The fraction of sp³-hybridized carbons (Fsp3) is 0.500. The van der Waals surface area contributed by atoms with E-state index in [0.717, 1.165) is 6.33 Å². The molecule has 3 heterocycles. The molecule has 0 amide bonds. The van der Waals surface area contributed by atoms with Gasteiger partial charge in [0.05, 0.1) is 12.9 Å². The summed E-state index contributed by atoms with van der Waals surface area (Å²) in [4.78, 5) is 20.9. The molecule has 0 radical (unpaired) electrons. The predicted octanol–water partition coefficient (Wildman–Crippen LogP) is -4.92. The molecule has 2 aromatic rings. The predicted molar refractivity (Wildman–Crippen MR) is 85.2 cm³/mol. The summed E-state index contributed by atoms with van der Waals surface area (Å²) in [5.74, 6) is 0.0789. The van der Waals surface area contributed by atoms with Gasteiger partial charge >= 0.3 is 47.8 Å². The molecule has 0 aliphatic carbocycles. The summed E-state index contributed by atoms with van der Waals surface area (Å²) in [6, 6.07) is 0. The molecule has 1 fully saturated rings. The average molecular weight is 451 g/mol. The number of aromatic nitrogens is 4. The maximum Gasteiger partial charge on any atom is 1.00 e. The molecule has 152 valence electrons. The van der Waals surface area contributed by atoms with Gasteiger partial charge in [-0.25, -0.2) is 19.5 Å². The van der Waals surface area contributed by atoms with Gasteiger partial charge < -0.3 is 27.0 Å². The van der Waals surface area contributed by atoms with Gasteiger partial charge in [-0.05, 0) is 0 Å². The van der Waals surface area contributed by atoms with Gasteiger partial charge in [0.25, 0.3) is 0 Å². The Morgan fingerprint density at radius 1 is 1.32 bits per heavy atom. The molecule has 2 aromatic heterocycles. The minimum Gasteiger partial charge on any atom is -1.00 e. The number of ether oxygens (including phenoxy) is 1. The number of phosphoric ester groups is 1. The molecule has 0 spiro atoms. The molecule has 3 rings (SSSR count). The number of nitrogens with zero attached hydrogens (tertiary/aromatic N) is 4. The maximum atomic E-state index is 11.4. The van der Waals surface area contributed by atoms with Gasteiger partial charge in [-0.2, -0.15) is 8.42 Å². The molecule has 5 atom stereocenters. The second kappa shape index (κ2) is 8.55. The third kappa shape index (κ3) is 5.05. The van der Waals surface area contributed by atoms with Gasteiger partial charge in [0.1, 0.15) is 30.2 Å². The largest absolute Gasteiger partial charge is 1.00 e. The summed E-state index contributed by atoms with van der Waals surface area (Å²) < 4.78 is 55.3. The summed E-state index contributed by atoms with van der Waals surface area (Å²) in [5, 5.41) is 20.2. The quantitative estimate of drug-likeness (QED) is 0.157. The molecule has 0 aromatic carbocycles. The molecule has 0 bridgehead atoms. The third-order valence-electron chi connectivity index (χ3n) is 3.59. The Morgan fingerprint density at radius 3 is 2.64 bits per heavy atom. The van der Waals surface area contributed by atoms with Crippen LogP contribution < -0.4 is 35.3 Å². The van der Waals surface area contributed by atoms with E-state index >= 15 is 0 Å². The first kappa shape index (κ1) is 23.5. The standard InChI is InChI=1S/C10H14N5O10PS.Na.H/c11-8-5-9(13-2-12-8)15(3-14-5)10-7(17)6(16)4(24-10)1-23-26(18,19)25-27(20,21)22;;/h2-4,6-7,10,16-17H,1H2,(H,18,19)(H2,11,12,13)(H,20,21,22);;/q;+1;-1/t4-,6-,7-,10-;;/m1../s1. The maximum absolute atomic E-state index is 11.4. The van der Waals surface area contributed by atoms with Crippen molar-refractivity contribution in [3.8, 4) is 0 Å². The molecule has 1 aliphatic heterocycles. The van der Waals surface area contributed by atoms with Crippen LogP contribution in [-0.4, -0.2) is 72.5 Å². The topological polar surface area (TPSA) is 229 Å². The van der Waals surface area contributed by atoms with Crippen molar-refractivity contribution in [3.05, 3.63) is 12.7 Å². The van der Waals surface area contributed by atoms with Crippen LogP contribution in [0.4, 0.5) is 5.82 Å². The number of aliphatic hydroxyl groups is 2. The van der Waals surface area contributed by atoms with Crippen LogP contribution in [0, 0.1) is 0 Å². The molecule has 18 heteroatoms. The molecule has 28 heavy (non-hydrogen) atoms. The Bertz CT molecular complexity index is 1010. The van der Waals surface area contributed by atoms with Crippen molar-refractivity contribution >= 4 is 35.2 Å². The van der Waals surface area contributed by atoms with Crippen molar-refractivity contribution in [1.29, 1.82) is 0 Å². The number of nitrogen functional groups attached to an aromatic ring is 1. The van der Waals surface area contributed by atoms with Gasteiger partial charge in [0, 0.05) is 0 Å². The monoisotopic (exact) mass is 451 g/mol. The zero-order chi connectivity index (χ0) is 20.0. The van der Waals surface area contributed by atoms with Crippen molar-refractivity contribution < 1.29 is 76.9 Å². The minimum absolute atomic E-state index is 0. The number of hydrogen-bond acceptors (Lipinski definition) is 12. The number of nitrogens with two attached hydrogens (primary N) is 1. The number of imidazole rings is 1. The van der Waals surface area contributed by atoms with Crippen LogP contribution in [0.2, 0.25) is 0 Å². The first-order valence-corrected chi connectivity index (χ1v) is 9.95. The van der Waals surface area contributed by atoms with Crippen LogP contribution in [0.25, 0.3) is 11.2 Å². The van der Waals surface area contributed by atoms with Crippen LogP contribution in [-0.2, 0) is 28.2 Å². The smallest absolute Gasteiger partial charge is 1.00 e. The Balaban J connectivity index is 0.00000210. The normalized spacial score (nSPS) is 27.4. The molecule has 0 saturated carbocycles. The van der Waals surface area contributed by atoms with Gasteiger partial charge in [0.15, 0.2) is 17.7 Å². The minimum atomic E-state index is -5.26. The first-order chi connectivity index (χ1) is 12.5. The van der Waals surface area contributed by atoms with E-state index in [9.17, 15) is 28.1 Å². The van der Waals surface area contributed by atoms with E-state index in [1.807, 2.05) is 0 Å². The van der Waals surface area contributed by atoms with E-state index in [4.69, 9.17) is 15.0 Å². The zero-order valence-corrected chi connectivity index (χ0v) is 17.8.